The van der Waals surface area contributed by atoms with Gasteiger partial charge in [-0.15, -0.1) is 0 Å². The van der Waals surface area contributed by atoms with Gasteiger partial charge in [-0.1, -0.05) is 25.7 Å². The van der Waals surface area contributed by atoms with Gasteiger partial charge in [0.15, 0.2) is 0 Å². The lowest BCUT2D eigenvalue weighted by atomic mass is 10.1. The van der Waals surface area contributed by atoms with E-state index in [4.69, 9.17) is 25.0 Å². The van der Waals surface area contributed by atoms with Crippen LogP contribution in [0.25, 0.3) is 11.0 Å². The highest BCUT2D eigenvalue weighted by atomic mass is 16.5. The molecule has 0 bridgehead atoms. The Bertz CT molecular complexity index is 1230. The maximum atomic E-state index is 12.4. The molecule has 37 heavy (non-hydrogen) atoms. The molecular formula is C29H37N3O5. The van der Waals surface area contributed by atoms with E-state index in [0.29, 0.717) is 23.1 Å². The fourth-order valence-electron chi connectivity index (χ4n) is 4.10. The zero-order valence-electron chi connectivity index (χ0n) is 21.8. The molecule has 0 saturated carbocycles. The van der Waals surface area contributed by atoms with Crippen LogP contribution in [0.15, 0.2) is 57.7 Å². The van der Waals surface area contributed by atoms with Gasteiger partial charge in [0, 0.05) is 35.8 Å². The zero-order chi connectivity index (χ0) is 26.6. The Labute approximate surface area is 217 Å². The van der Waals surface area contributed by atoms with E-state index in [9.17, 15) is 9.59 Å². The summed E-state index contributed by atoms with van der Waals surface area (Å²) < 4.78 is 16.5. The largest absolute Gasteiger partial charge is 0.494 e. The highest BCUT2D eigenvalue weighted by Gasteiger charge is 2.16. The van der Waals surface area contributed by atoms with Gasteiger partial charge >= 0.3 is 11.6 Å². The molecule has 0 aliphatic rings. The van der Waals surface area contributed by atoms with Gasteiger partial charge in [-0.2, -0.15) is 0 Å². The van der Waals surface area contributed by atoms with Gasteiger partial charge in [0.05, 0.1) is 13.2 Å². The van der Waals surface area contributed by atoms with E-state index in [1.165, 1.54) is 0 Å². The van der Waals surface area contributed by atoms with Crippen molar-refractivity contribution in [3.05, 3.63) is 70.1 Å². The predicted molar refractivity (Wildman–Crippen MR) is 147 cm³/mol. The summed E-state index contributed by atoms with van der Waals surface area (Å²) in [5.41, 5.74) is 6.82. The second-order valence-corrected chi connectivity index (χ2v) is 8.89. The molecule has 0 fully saturated rings. The van der Waals surface area contributed by atoms with Crippen LogP contribution in [0, 0.1) is 5.41 Å². The average molecular weight is 508 g/mol. The fourth-order valence-corrected chi connectivity index (χ4v) is 4.10. The molecule has 0 spiro atoms. The number of nitrogens with one attached hydrogen (secondary N) is 1. The molecule has 8 heteroatoms. The van der Waals surface area contributed by atoms with E-state index in [1.54, 1.807) is 18.2 Å². The number of amidine groups is 1. The number of unbranched alkanes of at least 4 members (excludes halogenated alkanes) is 5. The number of hydrogen-bond donors (Lipinski definition) is 2. The van der Waals surface area contributed by atoms with Crippen LogP contribution in [0.3, 0.4) is 0 Å². The number of nitrogens with two attached hydrogens (primary N) is 1. The molecule has 0 aliphatic carbocycles. The first kappa shape index (κ1) is 27.8. The van der Waals surface area contributed by atoms with Crippen LogP contribution in [0.1, 0.15) is 68.3 Å². The minimum absolute atomic E-state index is 0.0465. The van der Waals surface area contributed by atoms with Crippen LogP contribution in [0.4, 0.5) is 5.69 Å². The topological polar surface area (TPSA) is 119 Å². The van der Waals surface area contributed by atoms with Crippen molar-refractivity contribution in [3.8, 4) is 5.75 Å². The molecule has 198 valence electrons. The molecule has 3 aromatic rings. The van der Waals surface area contributed by atoms with Gasteiger partial charge in [-0.05, 0) is 69.2 Å². The van der Waals surface area contributed by atoms with Gasteiger partial charge in [0.1, 0.15) is 22.7 Å². The number of nitrogens with zero attached hydrogens (tertiary/aromatic N) is 1. The van der Waals surface area contributed by atoms with Gasteiger partial charge in [0.2, 0.25) is 0 Å². The van der Waals surface area contributed by atoms with Crippen molar-refractivity contribution in [2.45, 2.75) is 52.4 Å². The van der Waals surface area contributed by atoms with Crippen LogP contribution in [0.5, 0.6) is 5.75 Å². The molecular weight excluding hydrogens is 470 g/mol. The number of carbonyl (C=O) groups is 1. The number of benzene rings is 2. The van der Waals surface area contributed by atoms with E-state index in [2.05, 4.69) is 18.7 Å². The summed E-state index contributed by atoms with van der Waals surface area (Å²) in [5, 5.41) is 8.09. The number of hydrogen-bond acceptors (Lipinski definition) is 7. The lowest BCUT2D eigenvalue weighted by molar-refractivity contribution is 0.0493. The third-order valence-corrected chi connectivity index (χ3v) is 6.27. The minimum atomic E-state index is -0.675. The quantitative estimate of drug-likeness (QED) is 0.0916. The third kappa shape index (κ3) is 8.10. The van der Waals surface area contributed by atoms with Crippen LogP contribution >= 0.6 is 0 Å². The molecule has 2 aromatic carbocycles. The van der Waals surface area contributed by atoms with Crippen LogP contribution < -0.4 is 21.0 Å². The van der Waals surface area contributed by atoms with Gasteiger partial charge in [-0.25, -0.2) is 9.59 Å². The van der Waals surface area contributed by atoms with Gasteiger partial charge < -0.3 is 24.5 Å². The lowest BCUT2D eigenvalue weighted by Gasteiger charge is -2.20. The van der Waals surface area contributed by atoms with E-state index < -0.39 is 11.6 Å². The van der Waals surface area contributed by atoms with Crippen molar-refractivity contribution in [1.82, 2.24) is 0 Å². The monoisotopic (exact) mass is 507 g/mol. The van der Waals surface area contributed by atoms with Crippen molar-refractivity contribution in [2.24, 2.45) is 5.73 Å². The van der Waals surface area contributed by atoms with Crippen molar-refractivity contribution < 1.29 is 18.7 Å². The Morgan fingerprint density at radius 1 is 0.919 bits per heavy atom. The Hall–Kier alpha value is -3.81. The van der Waals surface area contributed by atoms with E-state index in [-0.39, 0.29) is 18.0 Å². The number of anilines is 1. The summed E-state index contributed by atoms with van der Waals surface area (Å²) in [6.07, 6.45) is 5.82. The number of carbonyl (C=O) groups excluding carboxylic acids is 1. The summed E-state index contributed by atoms with van der Waals surface area (Å²) in [7, 11) is 0. The Morgan fingerprint density at radius 2 is 1.57 bits per heavy atom. The van der Waals surface area contributed by atoms with Crippen LogP contribution in [-0.4, -0.2) is 38.1 Å². The first-order valence-electron chi connectivity index (χ1n) is 13.0. The minimum Gasteiger partial charge on any atom is -0.494 e. The molecule has 1 aromatic heterocycles. The molecule has 0 amide bonds. The van der Waals surface area contributed by atoms with E-state index >= 15 is 0 Å². The normalized spacial score (nSPS) is 10.9. The molecule has 3 rings (SSSR count). The Balaban J connectivity index is 1.32. The molecule has 1 heterocycles. The molecule has 0 aliphatic heterocycles. The second-order valence-electron chi connectivity index (χ2n) is 8.89. The SMILES string of the molecule is CCN(CC)c1ccc2cc(C(=O)OCCCCCCCCOc3ccc(C(=N)N)cc3)c(=O)oc2c1. The predicted octanol–water partition coefficient (Wildman–Crippen LogP) is 5.50. The smallest absolute Gasteiger partial charge is 0.351 e. The number of fused-ring (bicyclic) bond motifs is 1. The van der Waals surface area contributed by atoms with Crippen LogP contribution in [-0.2, 0) is 4.74 Å². The molecule has 0 unspecified atom stereocenters. The molecule has 3 N–H and O–H groups in total. The summed E-state index contributed by atoms with van der Waals surface area (Å²) in [4.78, 5) is 27.0. The first-order valence-corrected chi connectivity index (χ1v) is 13.0. The summed E-state index contributed by atoms with van der Waals surface area (Å²) >= 11 is 0. The average Bonchev–Trinajstić information content (AvgIpc) is 2.90. The highest BCUT2D eigenvalue weighted by Crippen LogP contribution is 2.22. The second kappa shape index (κ2) is 14.1. The molecule has 0 saturated heterocycles. The maximum Gasteiger partial charge on any atom is 0.351 e. The Morgan fingerprint density at radius 3 is 2.22 bits per heavy atom. The number of nitrogen functional groups attached to an aromatic ring is 1. The zero-order valence-corrected chi connectivity index (χ0v) is 21.8. The summed E-state index contributed by atoms with van der Waals surface area (Å²) in [5.74, 6) is 0.179. The molecule has 0 radical (unpaired) electrons. The fraction of sp³-hybridized carbons (Fsp3) is 0.414. The van der Waals surface area contributed by atoms with Crippen molar-refractivity contribution in [1.29, 1.82) is 5.41 Å². The molecule has 8 nitrogen and oxygen atoms in total. The maximum absolute atomic E-state index is 12.4. The van der Waals surface area contributed by atoms with E-state index in [0.717, 1.165) is 63.1 Å². The highest BCUT2D eigenvalue weighted by molar-refractivity contribution is 5.95. The van der Waals surface area contributed by atoms with Crippen molar-refractivity contribution in [3.63, 3.8) is 0 Å². The summed E-state index contributed by atoms with van der Waals surface area (Å²) in [6, 6.07) is 14.4. The Kier molecular flexibility index (Phi) is 10.6. The first-order chi connectivity index (χ1) is 17.9. The summed E-state index contributed by atoms with van der Waals surface area (Å²) in [6.45, 7) is 6.75. The van der Waals surface area contributed by atoms with Crippen LogP contribution in [0.2, 0.25) is 0 Å². The number of rotatable bonds is 15. The van der Waals surface area contributed by atoms with Gasteiger partial charge in [0.25, 0.3) is 0 Å². The number of ether oxygens (including phenoxy) is 2. The van der Waals surface area contributed by atoms with Gasteiger partial charge in [-0.3, -0.25) is 5.41 Å². The lowest BCUT2D eigenvalue weighted by Crippen LogP contribution is -2.21. The van der Waals surface area contributed by atoms with E-state index in [1.807, 2.05) is 30.3 Å². The molecule has 0 atom stereocenters. The number of esters is 1. The third-order valence-electron chi connectivity index (χ3n) is 6.27. The standard InChI is InChI=1S/C29H37N3O5/c1-3-32(4-2)23-14-11-22-19-25(29(34)37-26(22)20-23)28(33)36-18-10-8-6-5-7-9-17-35-24-15-12-21(13-16-24)27(30)31/h11-16,19-20H,3-10,17-18H2,1-2H3,(H3,30,31). The van der Waals surface area contributed by atoms with Crippen molar-refractivity contribution >= 4 is 28.5 Å². The van der Waals surface area contributed by atoms with Crippen molar-refractivity contribution in [2.75, 3.05) is 31.2 Å².